The molecule has 4 nitrogen and oxygen atoms in total. The zero-order valence-electron chi connectivity index (χ0n) is 19.1. The number of nitrogens with zero attached hydrogens (tertiary/aromatic N) is 3. The van der Waals surface area contributed by atoms with Gasteiger partial charge in [0.2, 0.25) is 0 Å². The summed E-state index contributed by atoms with van der Waals surface area (Å²) in [5.41, 5.74) is 5.37. The fourth-order valence-electron chi connectivity index (χ4n) is 0.844. The number of nitrogen functional groups attached to an aromatic ring is 1. The van der Waals surface area contributed by atoms with E-state index in [-0.39, 0.29) is 10.7 Å². The molecular weight excluding hydrogens is 176 g/mol. The highest BCUT2D eigenvalue weighted by Crippen LogP contribution is 2.20. The lowest BCUT2D eigenvalue weighted by Gasteiger charge is -2.30. The fourth-order valence-corrected chi connectivity index (χ4v) is 0.844. The predicted octanol–water partition coefficient (Wildman–Crippen LogP) is 1.30. The van der Waals surface area contributed by atoms with Crippen LogP contribution in [0.1, 0.15) is 36.0 Å². The molecular formula is C10H16N4. The van der Waals surface area contributed by atoms with Crippen molar-refractivity contribution in [2.24, 2.45) is 5.89 Å². The lowest BCUT2D eigenvalue weighted by Crippen LogP contribution is -2.33. The van der Waals surface area contributed by atoms with Crippen LogP contribution in [0.15, 0.2) is 12.4 Å². The second-order valence-electron chi connectivity index (χ2n) is 2.48. The Hall–Kier alpha value is -1.32. The van der Waals surface area contributed by atoms with Gasteiger partial charge in [-0.1, -0.05) is 6.85 Å². The van der Waals surface area contributed by atoms with E-state index in [0.29, 0.717) is 0 Å². The summed E-state index contributed by atoms with van der Waals surface area (Å²) in [6, 6.07) is 0. The van der Waals surface area contributed by atoms with Crippen molar-refractivity contribution in [2.45, 2.75) is 19.6 Å². The van der Waals surface area contributed by atoms with E-state index < -0.39 is 44.3 Å². The normalized spacial score (nSPS) is 48.7. The minimum atomic E-state index is -3.77. The van der Waals surface area contributed by atoms with Crippen LogP contribution in [0.4, 0.5) is 11.6 Å². The van der Waals surface area contributed by atoms with Gasteiger partial charge in [0.1, 0.15) is 11.6 Å². The third-order valence-corrected chi connectivity index (χ3v) is 1.47. The Morgan fingerprint density at radius 2 is 2.36 bits per heavy atom. The molecule has 1 aliphatic rings. The molecule has 1 aromatic rings. The van der Waals surface area contributed by atoms with Crippen LogP contribution in [-0.4, -0.2) is 23.0 Å². The minimum absolute atomic E-state index is 0.0327. The fraction of sp³-hybridized carbons (Fsp3) is 0.600. The topological polar surface area (TPSA) is 55.0 Å². The highest BCUT2D eigenvalue weighted by molar-refractivity contribution is 5.39. The maximum Gasteiger partial charge on any atom is 0.147 e. The summed E-state index contributed by atoms with van der Waals surface area (Å²) in [5.74, 6) is -4.47. The van der Waals surface area contributed by atoms with Crippen molar-refractivity contribution in [3.05, 3.63) is 12.4 Å². The van der Waals surface area contributed by atoms with E-state index in [1.807, 2.05) is 0 Å². The number of anilines is 2. The molecule has 0 unspecified atom stereocenters. The molecule has 0 amide bonds. The minimum Gasteiger partial charge on any atom is -0.382 e. The molecule has 1 aromatic heterocycles. The van der Waals surface area contributed by atoms with Crippen molar-refractivity contribution in [1.29, 1.82) is 0 Å². The summed E-state index contributed by atoms with van der Waals surface area (Å²) in [4.78, 5) is 7.29. The lowest BCUT2D eigenvalue weighted by atomic mass is 9.99. The molecule has 0 bridgehead atoms. The van der Waals surface area contributed by atoms with Crippen LogP contribution in [0.3, 0.4) is 0 Å². The maximum atomic E-state index is 8.10. The van der Waals surface area contributed by atoms with Crippen molar-refractivity contribution in [1.82, 2.24) is 9.97 Å². The summed E-state index contributed by atoms with van der Waals surface area (Å²) in [5, 5.41) is 0. The standard InChI is InChI=1S/C10H16N4/c1-8-2-4-14(5-3-8)10-7-12-9(11)6-13-10/h6-8H,2-5H2,1H3,(H2,11,12)/i1D3,2D2,3D2,4D2,5D2,8D. The molecule has 2 rings (SSSR count). The molecule has 76 valence electrons. The smallest absolute Gasteiger partial charge is 0.147 e. The van der Waals surface area contributed by atoms with E-state index in [0.717, 1.165) is 12.4 Å². The molecule has 1 fully saturated rings. The molecule has 0 aliphatic carbocycles. The van der Waals surface area contributed by atoms with Gasteiger partial charge in [0.25, 0.3) is 0 Å². The van der Waals surface area contributed by atoms with Gasteiger partial charge in [0.05, 0.1) is 12.4 Å². The summed E-state index contributed by atoms with van der Waals surface area (Å²) < 4.78 is 94.9. The zero-order valence-corrected chi connectivity index (χ0v) is 7.07. The van der Waals surface area contributed by atoms with Crippen LogP contribution in [-0.2, 0) is 0 Å². The highest BCUT2D eigenvalue weighted by Gasteiger charge is 2.16. The second-order valence-corrected chi connectivity index (χ2v) is 2.48. The average molecular weight is 204 g/mol. The Morgan fingerprint density at radius 3 is 2.93 bits per heavy atom. The number of piperidine rings is 1. The molecule has 0 radical (unpaired) electrons. The molecule has 0 spiro atoms. The van der Waals surface area contributed by atoms with E-state index in [9.17, 15) is 0 Å². The van der Waals surface area contributed by atoms with E-state index >= 15 is 0 Å². The Bertz CT molecular complexity index is 669. The van der Waals surface area contributed by atoms with E-state index in [1.165, 1.54) is 0 Å². The first-order valence-electron chi connectivity index (χ1n) is 9.75. The average Bonchev–Trinajstić information content (AvgIpc) is 2.45. The molecule has 1 saturated heterocycles. The van der Waals surface area contributed by atoms with Gasteiger partial charge in [0, 0.05) is 29.4 Å². The molecule has 2 heterocycles. The van der Waals surface area contributed by atoms with Gasteiger partial charge in [0.15, 0.2) is 0 Å². The van der Waals surface area contributed by atoms with Crippen molar-refractivity contribution >= 4 is 11.6 Å². The van der Waals surface area contributed by atoms with Crippen LogP contribution in [0.2, 0.25) is 0 Å². The molecule has 1 aliphatic heterocycles. The van der Waals surface area contributed by atoms with Gasteiger partial charge >= 0.3 is 0 Å². The first kappa shape index (κ1) is 2.62. The van der Waals surface area contributed by atoms with Gasteiger partial charge < -0.3 is 10.6 Å². The third kappa shape index (κ3) is 1.95. The summed E-state index contributed by atoms with van der Waals surface area (Å²) in [6.07, 6.45) is -5.62. The molecule has 4 heteroatoms. The zero-order chi connectivity index (χ0) is 20.6. The van der Waals surface area contributed by atoms with Crippen molar-refractivity contribution in [3.63, 3.8) is 0 Å². The number of hydrogen-bond acceptors (Lipinski definition) is 4. The van der Waals surface area contributed by atoms with E-state index in [1.54, 1.807) is 0 Å². The Morgan fingerprint density at radius 1 is 1.57 bits per heavy atom. The van der Waals surface area contributed by atoms with Crippen molar-refractivity contribution in [2.75, 3.05) is 23.6 Å². The molecule has 0 saturated carbocycles. The number of hydrogen-bond donors (Lipinski definition) is 1. The van der Waals surface area contributed by atoms with Crippen LogP contribution in [0, 0.1) is 5.89 Å². The molecule has 0 atom stereocenters. The lowest BCUT2D eigenvalue weighted by molar-refractivity contribution is 0.436. The van der Waals surface area contributed by atoms with Crippen molar-refractivity contribution < 1.29 is 16.4 Å². The van der Waals surface area contributed by atoms with Crippen LogP contribution >= 0.6 is 0 Å². The second kappa shape index (κ2) is 3.82. The Balaban J connectivity index is 2.86. The van der Waals surface area contributed by atoms with E-state index in [4.69, 9.17) is 22.2 Å². The quantitative estimate of drug-likeness (QED) is 0.749. The van der Waals surface area contributed by atoms with Gasteiger partial charge in [-0.05, 0) is 18.6 Å². The SMILES string of the molecule is [2H]C([2H])([2H])C1([2H])C([2H])([2H])C([2H])([2H])N(c2cnc(N)cn2)C([2H])([2H])C1([2H])[2H]. The van der Waals surface area contributed by atoms with Crippen molar-refractivity contribution in [3.8, 4) is 0 Å². The summed E-state index contributed by atoms with van der Waals surface area (Å²) in [6.45, 7) is -10.6. The first-order chi connectivity index (χ1) is 11.4. The molecule has 2 N–H and O–H groups in total. The van der Waals surface area contributed by atoms with Crippen LogP contribution in [0.25, 0.3) is 0 Å². The number of aromatic nitrogens is 2. The maximum absolute atomic E-state index is 8.10. The monoisotopic (exact) mass is 204 g/mol. The van der Waals surface area contributed by atoms with Crippen LogP contribution < -0.4 is 10.6 Å². The van der Waals surface area contributed by atoms with Gasteiger partial charge in [-0.15, -0.1) is 0 Å². The molecule has 14 heavy (non-hydrogen) atoms. The number of rotatable bonds is 1. The predicted molar refractivity (Wildman–Crippen MR) is 57.1 cm³/mol. The third-order valence-electron chi connectivity index (χ3n) is 1.47. The van der Waals surface area contributed by atoms with Gasteiger partial charge in [-0.3, -0.25) is 0 Å². The largest absolute Gasteiger partial charge is 0.382 e. The summed E-state index contributed by atoms with van der Waals surface area (Å²) >= 11 is 0. The summed E-state index contributed by atoms with van der Waals surface area (Å²) in [7, 11) is 0. The number of nitrogens with two attached hydrogens (primary N) is 1. The highest BCUT2D eigenvalue weighted by atomic mass is 15.2. The van der Waals surface area contributed by atoms with E-state index in [2.05, 4.69) is 9.97 Å². The molecule has 0 aromatic carbocycles. The van der Waals surface area contributed by atoms with Gasteiger partial charge in [-0.25, -0.2) is 9.97 Å². The van der Waals surface area contributed by atoms with Crippen LogP contribution in [0.5, 0.6) is 0 Å². The Labute approximate surface area is 101 Å². The Kier molecular flexibility index (Phi) is 0.715. The first-order valence-corrected chi connectivity index (χ1v) is 3.75. The van der Waals surface area contributed by atoms with Gasteiger partial charge in [-0.2, -0.15) is 0 Å².